The first kappa shape index (κ1) is 21.1. The Morgan fingerprint density at radius 1 is 1.23 bits per heavy atom. The summed E-state index contributed by atoms with van der Waals surface area (Å²) in [6, 6.07) is 6.34. The van der Waals surface area contributed by atoms with E-state index < -0.39 is 6.10 Å². The second-order valence-electron chi connectivity index (χ2n) is 7.93. The van der Waals surface area contributed by atoms with E-state index in [2.05, 4.69) is 33.0 Å². The van der Waals surface area contributed by atoms with Gasteiger partial charge in [0.25, 0.3) is 0 Å². The Morgan fingerprint density at radius 2 is 1.96 bits per heavy atom. The SMILES string of the molecule is CC(C)NCC(O)COc1cccc2c1C1=C(CCCC1)C(C)(C)O2.Cl. The van der Waals surface area contributed by atoms with Crippen molar-refractivity contribution in [2.24, 2.45) is 0 Å². The van der Waals surface area contributed by atoms with Crippen molar-refractivity contribution >= 4 is 18.0 Å². The van der Waals surface area contributed by atoms with Crippen LogP contribution in [0.5, 0.6) is 11.5 Å². The Labute approximate surface area is 163 Å². The molecular weight excluding hydrogens is 350 g/mol. The van der Waals surface area contributed by atoms with Crippen molar-refractivity contribution in [3.05, 3.63) is 29.3 Å². The van der Waals surface area contributed by atoms with Crippen molar-refractivity contribution in [3.63, 3.8) is 0 Å². The topological polar surface area (TPSA) is 50.7 Å². The highest BCUT2D eigenvalue weighted by atomic mass is 35.5. The summed E-state index contributed by atoms with van der Waals surface area (Å²) in [5, 5.41) is 13.4. The smallest absolute Gasteiger partial charge is 0.131 e. The van der Waals surface area contributed by atoms with Crippen LogP contribution in [-0.2, 0) is 0 Å². The molecule has 0 bridgehead atoms. The molecule has 1 aromatic rings. The number of hydrogen-bond acceptors (Lipinski definition) is 4. The molecular formula is C21H32ClNO3. The molecule has 0 radical (unpaired) electrons. The molecule has 4 nitrogen and oxygen atoms in total. The summed E-state index contributed by atoms with van der Waals surface area (Å²) in [7, 11) is 0. The van der Waals surface area contributed by atoms with Gasteiger partial charge in [-0.1, -0.05) is 19.9 Å². The predicted molar refractivity (Wildman–Crippen MR) is 108 cm³/mol. The van der Waals surface area contributed by atoms with Gasteiger partial charge in [-0.25, -0.2) is 0 Å². The van der Waals surface area contributed by atoms with E-state index in [0.29, 0.717) is 12.6 Å². The third-order valence-electron chi connectivity index (χ3n) is 5.04. The maximum Gasteiger partial charge on any atom is 0.131 e. The lowest BCUT2D eigenvalue weighted by Crippen LogP contribution is -2.36. The first-order valence-corrected chi connectivity index (χ1v) is 9.47. The van der Waals surface area contributed by atoms with Crippen molar-refractivity contribution < 1.29 is 14.6 Å². The molecule has 2 aliphatic rings. The predicted octanol–water partition coefficient (Wildman–Crippen LogP) is 4.34. The molecule has 26 heavy (non-hydrogen) atoms. The zero-order chi connectivity index (χ0) is 18.0. The fourth-order valence-electron chi connectivity index (χ4n) is 3.81. The van der Waals surface area contributed by atoms with Gasteiger partial charge in [0.05, 0.1) is 5.56 Å². The first-order valence-electron chi connectivity index (χ1n) is 9.47. The summed E-state index contributed by atoms with van der Waals surface area (Å²) in [5.41, 5.74) is 3.65. The van der Waals surface area contributed by atoms with E-state index in [-0.39, 0.29) is 24.6 Å². The molecule has 0 spiro atoms. The average molecular weight is 382 g/mol. The number of hydrogen-bond donors (Lipinski definition) is 2. The molecule has 0 aromatic heterocycles. The molecule has 3 rings (SSSR count). The molecule has 1 aliphatic heterocycles. The highest BCUT2D eigenvalue weighted by Gasteiger charge is 2.37. The van der Waals surface area contributed by atoms with Gasteiger partial charge in [-0.05, 0) is 62.8 Å². The minimum absolute atomic E-state index is 0. The maximum absolute atomic E-state index is 10.1. The van der Waals surface area contributed by atoms with Gasteiger partial charge in [-0.2, -0.15) is 0 Å². The van der Waals surface area contributed by atoms with Crippen LogP contribution >= 0.6 is 12.4 Å². The van der Waals surface area contributed by atoms with Crippen molar-refractivity contribution in [1.82, 2.24) is 5.32 Å². The summed E-state index contributed by atoms with van der Waals surface area (Å²) in [6.07, 6.45) is 4.08. The summed E-state index contributed by atoms with van der Waals surface area (Å²) >= 11 is 0. The lowest BCUT2D eigenvalue weighted by Gasteiger charge is -2.40. The monoisotopic (exact) mass is 381 g/mol. The number of aliphatic hydroxyl groups is 1. The number of halogens is 1. The Kier molecular flexibility index (Phi) is 7.00. The van der Waals surface area contributed by atoms with E-state index in [1.807, 2.05) is 18.2 Å². The van der Waals surface area contributed by atoms with E-state index in [0.717, 1.165) is 29.9 Å². The van der Waals surface area contributed by atoms with Crippen LogP contribution < -0.4 is 14.8 Å². The fraction of sp³-hybridized carbons (Fsp3) is 0.619. The van der Waals surface area contributed by atoms with Crippen LogP contribution in [0.25, 0.3) is 5.57 Å². The van der Waals surface area contributed by atoms with Gasteiger partial charge < -0.3 is 19.9 Å². The lowest BCUT2D eigenvalue weighted by atomic mass is 9.78. The fourth-order valence-corrected chi connectivity index (χ4v) is 3.81. The highest BCUT2D eigenvalue weighted by molar-refractivity contribution is 5.85. The van der Waals surface area contributed by atoms with Gasteiger partial charge in [-0.3, -0.25) is 0 Å². The summed E-state index contributed by atoms with van der Waals surface area (Å²) in [4.78, 5) is 0. The molecule has 0 fully saturated rings. The number of nitrogens with one attached hydrogen (secondary N) is 1. The number of benzene rings is 1. The molecule has 5 heteroatoms. The van der Waals surface area contributed by atoms with E-state index in [1.165, 1.54) is 24.0 Å². The largest absolute Gasteiger partial charge is 0.490 e. The molecule has 1 aromatic carbocycles. The van der Waals surface area contributed by atoms with Crippen LogP contribution in [-0.4, -0.2) is 36.0 Å². The third kappa shape index (κ3) is 4.54. The molecule has 0 saturated carbocycles. The summed E-state index contributed by atoms with van der Waals surface area (Å²) in [6.45, 7) is 9.26. The first-order chi connectivity index (χ1) is 11.9. The Balaban J connectivity index is 0.00000243. The Morgan fingerprint density at radius 3 is 2.69 bits per heavy atom. The van der Waals surface area contributed by atoms with Gasteiger partial charge in [-0.15, -0.1) is 12.4 Å². The lowest BCUT2D eigenvalue weighted by molar-refractivity contribution is 0.102. The van der Waals surface area contributed by atoms with Crippen LogP contribution in [0, 0.1) is 0 Å². The quantitative estimate of drug-likeness (QED) is 0.769. The van der Waals surface area contributed by atoms with Crippen molar-refractivity contribution in [2.75, 3.05) is 13.2 Å². The van der Waals surface area contributed by atoms with Gasteiger partial charge in [0.1, 0.15) is 29.8 Å². The van der Waals surface area contributed by atoms with Crippen LogP contribution in [0.2, 0.25) is 0 Å². The zero-order valence-corrected chi connectivity index (χ0v) is 17.1. The standard InChI is InChI=1S/C21H31NO3.ClH/c1-14(2)22-12-15(23)13-24-18-10-7-11-19-20(18)16-8-5-6-9-17(16)21(3,4)25-19;/h7,10-11,14-15,22-23H,5-6,8-9,12-13H2,1-4H3;1H. The minimum Gasteiger partial charge on any atom is -0.490 e. The van der Waals surface area contributed by atoms with Crippen molar-refractivity contribution in [2.45, 2.75) is 71.1 Å². The average Bonchev–Trinajstić information content (AvgIpc) is 2.57. The minimum atomic E-state index is -0.529. The zero-order valence-electron chi connectivity index (χ0n) is 16.3. The third-order valence-corrected chi connectivity index (χ3v) is 5.04. The maximum atomic E-state index is 10.1. The van der Waals surface area contributed by atoms with E-state index in [1.54, 1.807) is 0 Å². The molecule has 1 atom stereocenters. The van der Waals surface area contributed by atoms with Gasteiger partial charge >= 0.3 is 0 Å². The molecule has 0 saturated heterocycles. The second kappa shape index (κ2) is 8.64. The molecule has 1 aliphatic carbocycles. The normalized spacial score (nSPS) is 19.2. The number of rotatable bonds is 6. The summed E-state index contributed by atoms with van der Waals surface area (Å²) < 4.78 is 12.3. The van der Waals surface area contributed by atoms with Crippen LogP contribution in [0.15, 0.2) is 23.8 Å². The van der Waals surface area contributed by atoms with Crippen LogP contribution in [0.1, 0.15) is 58.9 Å². The van der Waals surface area contributed by atoms with Crippen molar-refractivity contribution in [1.29, 1.82) is 0 Å². The van der Waals surface area contributed by atoms with Crippen LogP contribution in [0.4, 0.5) is 0 Å². The molecule has 146 valence electrons. The number of ether oxygens (including phenoxy) is 2. The van der Waals surface area contributed by atoms with Gasteiger partial charge in [0, 0.05) is 12.6 Å². The number of fused-ring (bicyclic) bond motifs is 2. The molecule has 0 amide bonds. The van der Waals surface area contributed by atoms with E-state index >= 15 is 0 Å². The number of aliphatic hydroxyl groups excluding tert-OH is 1. The van der Waals surface area contributed by atoms with Gasteiger partial charge in [0.15, 0.2) is 0 Å². The number of allylic oxidation sites excluding steroid dienone is 1. The summed E-state index contributed by atoms with van der Waals surface area (Å²) in [5.74, 6) is 1.73. The Bertz CT molecular complexity index is 655. The van der Waals surface area contributed by atoms with Gasteiger partial charge in [0.2, 0.25) is 0 Å². The molecule has 1 unspecified atom stereocenters. The van der Waals surface area contributed by atoms with E-state index in [9.17, 15) is 5.11 Å². The van der Waals surface area contributed by atoms with E-state index in [4.69, 9.17) is 9.47 Å². The molecule has 1 heterocycles. The molecule has 2 N–H and O–H groups in total. The second-order valence-corrected chi connectivity index (χ2v) is 7.93. The van der Waals surface area contributed by atoms with Crippen LogP contribution in [0.3, 0.4) is 0 Å². The van der Waals surface area contributed by atoms with Crippen molar-refractivity contribution in [3.8, 4) is 11.5 Å². The Hall–Kier alpha value is -1.23. The highest BCUT2D eigenvalue weighted by Crippen LogP contribution is 2.50.